The lowest BCUT2D eigenvalue weighted by Gasteiger charge is -2.30. The topological polar surface area (TPSA) is 58.6 Å². The second kappa shape index (κ2) is 11.8. The van der Waals surface area contributed by atoms with E-state index in [2.05, 4.69) is 5.32 Å². The van der Waals surface area contributed by atoms with Gasteiger partial charge >= 0.3 is 0 Å². The summed E-state index contributed by atoms with van der Waals surface area (Å²) in [5.74, 6) is 0.223. The van der Waals surface area contributed by atoms with Crippen LogP contribution in [0.15, 0.2) is 36.4 Å². The zero-order valence-electron chi connectivity index (χ0n) is 19.1. The molecule has 0 aliphatic heterocycles. The van der Waals surface area contributed by atoms with E-state index < -0.39 is 6.04 Å². The smallest absolute Gasteiger partial charge is 0.261 e. The molecule has 168 valence electrons. The molecular formula is C25H33ClN2O3. The zero-order valence-corrected chi connectivity index (χ0v) is 19.9. The predicted octanol–water partition coefficient (Wildman–Crippen LogP) is 4.98. The molecule has 0 heterocycles. The Kier molecular flexibility index (Phi) is 9.38. The van der Waals surface area contributed by atoms with Crippen LogP contribution in [0.4, 0.5) is 0 Å². The molecule has 31 heavy (non-hydrogen) atoms. The van der Waals surface area contributed by atoms with Crippen molar-refractivity contribution in [3.63, 3.8) is 0 Å². The van der Waals surface area contributed by atoms with E-state index in [1.54, 1.807) is 4.90 Å². The minimum Gasteiger partial charge on any atom is -0.484 e. The maximum Gasteiger partial charge on any atom is 0.261 e. The molecule has 2 rings (SSSR count). The summed E-state index contributed by atoms with van der Waals surface area (Å²) in [6, 6.07) is 11.0. The highest BCUT2D eigenvalue weighted by Crippen LogP contribution is 2.26. The number of nitrogens with one attached hydrogen (secondary N) is 1. The molecule has 0 fully saturated rings. The fraction of sp³-hybridized carbons (Fsp3) is 0.440. The quantitative estimate of drug-likeness (QED) is 0.562. The summed E-state index contributed by atoms with van der Waals surface area (Å²) in [6.07, 6.45) is 1.36. The van der Waals surface area contributed by atoms with Crippen molar-refractivity contribution >= 4 is 23.4 Å². The molecule has 0 bridgehead atoms. The Bertz CT molecular complexity index is 890. The minimum absolute atomic E-state index is 0.136. The van der Waals surface area contributed by atoms with E-state index in [0.717, 1.165) is 28.7 Å². The number of halogens is 1. The molecule has 0 aliphatic carbocycles. The van der Waals surface area contributed by atoms with Gasteiger partial charge < -0.3 is 15.0 Å². The third-order valence-electron chi connectivity index (χ3n) is 5.14. The maximum absolute atomic E-state index is 13.2. The first kappa shape index (κ1) is 24.7. The largest absolute Gasteiger partial charge is 0.484 e. The first-order valence-corrected chi connectivity index (χ1v) is 11.2. The van der Waals surface area contributed by atoms with Crippen LogP contribution in [0.5, 0.6) is 5.75 Å². The number of hydrogen-bond acceptors (Lipinski definition) is 3. The van der Waals surface area contributed by atoms with Gasteiger partial charge in [0, 0.05) is 18.1 Å². The molecule has 0 unspecified atom stereocenters. The summed E-state index contributed by atoms with van der Waals surface area (Å²) in [5, 5.41) is 3.62. The third-order valence-corrected chi connectivity index (χ3v) is 5.74. The van der Waals surface area contributed by atoms with Crippen molar-refractivity contribution in [2.75, 3.05) is 13.2 Å². The van der Waals surface area contributed by atoms with E-state index in [9.17, 15) is 9.59 Å². The van der Waals surface area contributed by atoms with Gasteiger partial charge in [-0.15, -0.1) is 0 Å². The molecule has 0 aromatic heterocycles. The van der Waals surface area contributed by atoms with Crippen LogP contribution < -0.4 is 10.1 Å². The van der Waals surface area contributed by atoms with Crippen molar-refractivity contribution in [3.05, 3.63) is 63.7 Å². The monoisotopic (exact) mass is 444 g/mol. The number of hydrogen-bond donors (Lipinski definition) is 1. The number of carbonyl (C=O) groups is 2. The van der Waals surface area contributed by atoms with Gasteiger partial charge in [-0.3, -0.25) is 9.59 Å². The molecule has 6 heteroatoms. The van der Waals surface area contributed by atoms with Crippen LogP contribution in [0.1, 0.15) is 48.9 Å². The van der Waals surface area contributed by atoms with Crippen LogP contribution in [0, 0.1) is 20.8 Å². The Morgan fingerprint density at radius 3 is 2.35 bits per heavy atom. The lowest BCUT2D eigenvalue weighted by atomic mass is 10.1. The van der Waals surface area contributed by atoms with E-state index in [1.807, 2.05) is 71.0 Å². The lowest BCUT2D eigenvalue weighted by Crippen LogP contribution is -2.50. The second-order valence-electron chi connectivity index (χ2n) is 7.89. The summed E-state index contributed by atoms with van der Waals surface area (Å²) in [4.78, 5) is 27.6. The van der Waals surface area contributed by atoms with Crippen LogP contribution in [0.25, 0.3) is 0 Å². The molecule has 0 aliphatic rings. The van der Waals surface area contributed by atoms with Crippen LogP contribution in [0.3, 0.4) is 0 Å². The van der Waals surface area contributed by atoms with Crippen molar-refractivity contribution in [1.29, 1.82) is 0 Å². The average molecular weight is 445 g/mol. The lowest BCUT2D eigenvalue weighted by molar-refractivity contribution is -0.143. The highest BCUT2D eigenvalue weighted by atomic mass is 35.5. The standard InChI is InChI=1S/C25H33ClN2O3/c1-6-11-27-25(30)22(7-2)28(15-20-10-8-9-17(3)12-20)23(29)16-31-21-13-18(4)24(26)19(5)14-21/h8-10,12-14,22H,6-7,11,15-16H2,1-5H3,(H,27,30)/t22-/m0/s1. The number of nitrogens with zero attached hydrogens (tertiary/aromatic N) is 1. The summed E-state index contributed by atoms with van der Waals surface area (Å²) < 4.78 is 5.80. The Hall–Kier alpha value is -2.53. The third kappa shape index (κ3) is 7.00. The number of carbonyl (C=O) groups excluding carboxylic acids is 2. The molecular weight excluding hydrogens is 412 g/mol. The van der Waals surface area contributed by atoms with Crippen molar-refractivity contribution in [1.82, 2.24) is 10.2 Å². The number of ether oxygens (including phenoxy) is 1. The molecule has 2 amide bonds. The molecule has 0 radical (unpaired) electrons. The average Bonchev–Trinajstić information content (AvgIpc) is 2.74. The molecule has 1 atom stereocenters. The van der Waals surface area contributed by atoms with E-state index in [4.69, 9.17) is 16.3 Å². The van der Waals surface area contributed by atoms with Gasteiger partial charge in [0.1, 0.15) is 11.8 Å². The predicted molar refractivity (Wildman–Crippen MR) is 126 cm³/mol. The summed E-state index contributed by atoms with van der Waals surface area (Å²) in [7, 11) is 0. The van der Waals surface area contributed by atoms with Crippen molar-refractivity contribution < 1.29 is 14.3 Å². The Morgan fingerprint density at radius 1 is 1.10 bits per heavy atom. The number of rotatable bonds is 10. The first-order chi connectivity index (χ1) is 14.8. The maximum atomic E-state index is 13.2. The minimum atomic E-state index is -0.558. The molecule has 0 saturated carbocycles. The molecule has 0 saturated heterocycles. The van der Waals surface area contributed by atoms with Gasteiger partial charge in [-0.05, 0) is 62.4 Å². The van der Waals surface area contributed by atoms with E-state index in [0.29, 0.717) is 30.3 Å². The van der Waals surface area contributed by atoms with E-state index in [1.165, 1.54) is 0 Å². The van der Waals surface area contributed by atoms with E-state index in [-0.39, 0.29) is 18.4 Å². The molecule has 5 nitrogen and oxygen atoms in total. The fourth-order valence-corrected chi connectivity index (χ4v) is 3.62. The molecule has 1 N–H and O–H groups in total. The van der Waals surface area contributed by atoms with Gasteiger partial charge in [-0.25, -0.2) is 0 Å². The number of benzene rings is 2. The van der Waals surface area contributed by atoms with Crippen LogP contribution in [-0.4, -0.2) is 35.9 Å². The number of aryl methyl sites for hydroxylation is 3. The van der Waals surface area contributed by atoms with E-state index >= 15 is 0 Å². The normalized spacial score (nSPS) is 11.7. The molecule has 0 spiro atoms. The van der Waals surface area contributed by atoms with Crippen molar-refractivity contribution in [2.24, 2.45) is 0 Å². The summed E-state index contributed by atoms with van der Waals surface area (Å²) >= 11 is 6.23. The first-order valence-electron chi connectivity index (χ1n) is 10.8. The Morgan fingerprint density at radius 2 is 1.77 bits per heavy atom. The summed E-state index contributed by atoms with van der Waals surface area (Å²) in [5.41, 5.74) is 3.88. The molecule has 2 aromatic carbocycles. The van der Waals surface area contributed by atoms with Crippen LogP contribution in [0.2, 0.25) is 5.02 Å². The highest BCUT2D eigenvalue weighted by molar-refractivity contribution is 6.32. The zero-order chi connectivity index (χ0) is 23.0. The van der Waals surface area contributed by atoms with Crippen molar-refractivity contribution in [3.8, 4) is 5.75 Å². The highest BCUT2D eigenvalue weighted by Gasteiger charge is 2.28. The van der Waals surface area contributed by atoms with Gasteiger partial charge in [0.2, 0.25) is 5.91 Å². The van der Waals surface area contributed by atoms with Crippen LogP contribution >= 0.6 is 11.6 Å². The van der Waals surface area contributed by atoms with Gasteiger partial charge in [0.25, 0.3) is 5.91 Å². The molecule has 2 aromatic rings. The Balaban J connectivity index is 2.23. The van der Waals surface area contributed by atoms with Gasteiger partial charge in [-0.1, -0.05) is 55.3 Å². The van der Waals surface area contributed by atoms with Gasteiger partial charge in [0.15, 0.2) is 6.61 Å². The Labute approximate surface area is 190 Å². The SMILES string of the molecule is CCCNC(=O)[C@H](CC)N(Cc1cccc(C)c1)C(=O)COc1cc(C)c(Cl)c(C)c1. The van der Waals surface area contributed by atoms with Crippen molar-refractivity contribution in [2.45, 2.75) is 60.0 Å². The van der Waals surface area contributed by atoms with Crippen LogP contribution in [-0.2, 0) is 16.1 Å². The van der Waals surface area contributed by atoms with Gasteiger partial charge in [0.05, 0.1) is 0 Å². The van der Waals surface area contributed by atoms with Gasteiger partial charge in [-0.2, -0.15) is 0 Å². The summed E-state index contributed by atoms with van der Waals surface area (Å²) in [6.45, 7) is 10.5. The number of amides is 2. The fourth-order valence-electron chi connectivity index (χ4n) is 3.51. The second-order valence-corrected chi connectivity index (χ2v) is 8.26.